The third-order valence-electron chi connectivity index (χ3n) is 2.13. The largest absolute Gasteiger partial charge is 0.387 e. The highest BCUT2D eigenvalue weighted by molar-refractivity contribution is 9.10. The quantitative estimate of drug-likeness (QED) is 0.864. The first-order valence-corrected chi connectivity index (χ1v) is 7.30. The normalized spacial score (nSPS) is 13.7. The van der Waals surface area contributed by atoms with Crippen LogP contribution in [0.1, 0.15) is 18.6 Å². The molecule has 2 N–H and O–H groups in total. The van der Waals surface area contributed by atoms with Gasteiger partial charge in [0.05, 0.1) is 11.9 Å². The molecule has 0 heterocycles. The van der Waals surface area contributed by atoms with Gasteiger partial charge in [-0.15, -0.1) is 0 Å². The zero-order valence-electron chi connectivity index (χ0n) is 8.85. The van der Waals surface area contributed by atoms with Gasteiger partial charge in [-0.05, 0) is 24.6 Å². The van der Waals surface area contributed by atoms with Crippen molar-refractivity contribution < 1.29 is 13.5 Å². The Morgan fingerprint density at radius 2 is 1.94 bits per heavy atom. The molecule has 16 heavy (non-hydrogen) atoms. The number of halogens is 1. The zero-order valence-corrected chi connectivity index (χ0v) is 11.3. The lowest BCUT2D eigenvalue weighted by molar-refractivity contribution is 0.182. The Labute approximate surface area is 104 Å². The Bertz CT molecular complexity index is 430. The molecule has 1 aromatic carbocycles. The van der Waals surface area contributed by atoms with E-state index in [1.807, 2.05) is 0 Å². The van der Waals surface area contributed by atoms with Gasteiger partial charge >= 0.3 is 0 Å². The number of benzene rings is 1. The molecule has 0 bridgehead atoms. The van der Waals surface area contributed by atoms with E-state index in [9.17, 15) is 13.5 Å². The summed E-state index contributed by atoms with van der Waals surface area (Å²) in [4.78, 5) is 0. The van der Waals surface area contributed by atoms with Crippen LogP contribution in [0.15, 0.2) is 28.7 Å². The second-order valence-electron chi connectivity index (χ2n) is 3.32. The molecule has 1 rings (SSSR count). The van der Waals surface area contributed by atoms with Crippen LogP contribution in [0.25, 0.3) is 0 Å². The highest BCUT2D eigenvalue weighted by Crippen LogP contribution is 2.16. The molecule has 0 amide bonds. The van der Waals surface area contributed by atoms with Gasteiger partial charge in [0, 0.05) is 11.0 Å². The lowest BCUT2D eigenvalue weighted by atomic mass is 10.1. The van der Waals surface area contributed by atoms with Crippen molar-refractivity contribution in [3.63, 3.8) is 0 Å². The van der Waals surface area contributed by atoms with Crippen LogP contribution in [0.4, 0.5) is 0 Å². The van der Waals surface area contributed by atoms with Gasteiger partial charge in [-0.25, -0.2) is 13.1 Å². The van der Waals surface area contributed by atoms with Crippen molar-refractivity contribution in [3.8, 4) is 0 Å². The molecule has 0 aromatic heterocycles. The van der Waals surface area contributed by atoms with Crippen molar-refractivity contribution >= 4 is 26.0 Å². The molecule has 0 fully saturated rings. The van der Waals surface area contributed by atoms with E-state index in [1.165, 1.54) is 0 Å². The van der Waals surface area contributed by atoms with Crippen LogP contribution in [0.5, 0.6) is 0 Å². The number of nitrogens with one attached hydrogen (secondary N) is 1. The maximum Gasteiger partial charge on any atom is 0.211 e. The highest BCUT2D eigenvalue weighted by Gasteiger charge is 2.11. The van der Waals surface area contributed by atoms with E-state index in [0.717, 1.165) is 4.47 Å². The molecule has 4 nitrogen and oxygen atoms in total. The van der Waals surface area contributed by atoms with E-state index >= 15 is 0 Å². The fourth-order valence-corrected chi connectivity index (χ4v) is 1.99. The molecule has 0 saturated heterocycles. The van der Waals surface area contributed by atoms with Gasteiger partial charge < -0.3 is 5.11 Å². The molecule has 1 unspecified atom stereocenters. The molecule has 1 aromatic rings. The molecule has 0 aliphatic heterocycles. The van der Waals surface area contributed by atoms with E-state index in [2.05, 4.69) is 20.7 Å². The Morgan fingerprint density at radius 1 is 1.38 bits per heavy atom. The summed E-state index contributed by atoms with van der Waals surface area (Å²) in [5.74, 6) is 0.0139. The van der Waals surface area contributed by atoms with Gasteiger partial charge in [0.1, 0.15) is 0 Å². The van der Waals surface area contributed by atoms with Crippen LogP contribution in [0, 0.1) is 0 Å². The van der Waals surface area contributed by atoms with E-state index in [0.29, 0.717) is 5.56 Å². The van der Waals surface area contributed by atoms with Gasteiger partial charge in [-0.1, -0.05) is 28.1 Å². The molecular weight excluding hydrogens is 294 g/mol. The van der Waals surface area contributed by atoms with Crippen LogP contribution in [-0.4, -0.2) is 25.8 Å². The number of aliphatic hydroxyl groups is 1. The van der Waals surface area contributed by atoms with Crippen molar-refractivity contribution in [1.29, 1.82) is 0 Å². The van der Waals surface area contributed by atoms with E-state index in [-0.39, 0.29) is 12.3 Å². The van der Waals surface area contributed by atoms with Crippen molar-refractivity contribution in [3.05, 3.63) is 34.3 Å². The van der Waals surface area contributed by atoms with Gasteiger partial charge in [0.2, 0.25) is 10.0 Å². The topological polar surface area (TPSA) is 66.4 Å². The molecule has 0 aliphatic carbocycles. The Kier molecular flexibility index (Phi) is 4.91. The summed E-state index contributed by atoms with van der Waals surface area (Å²) in [5, 5.41) is 9.73. The van der Waals surface area contributed by atoms with Crippen LogP contribution in [0.2, 0.25) is 0 Å². The Morgan fingerprint density at radius 3 is 2.44 bits per heavy atom. The molecule has 1 atom stereocenters. The maximum absolute atomic E-state index is 11.2. The lowest BCUT2D eigenvalue weighted by Crippen LogP contribution is -2.29. The summed E-state index contributed by atoms with van der Waals surface area (Å²) >= 11 is 3.28. The van der Waals surface area contributed by atoms with E-state index in [1.54, 1.807) is 31.2 Å². The standard InChI is InChI=1S/C10H14BrNO3S/c1-2-16(14,15)12-7-10(13)8-3-5-9(11)6-4-8/h3-6,10,12-13H,2,7H2,1H3. The average molecular weight is 308 g/mol. The number of aliphatic hydroxyl groups excluding tert-OH is 1. The minimum atomic E-state index is -3.25. The van der Waals surface area contributed by atoms with Crippen LogP contribution < -0.4 is 4.72 Å². The molecule has 0 spiro atoms. The number of hydrogen-bond donors (Lipinski definition) is 2. The predicted octanol–water partition coefficient (Wildman–Crippen LogP) is 1.42. The van der Waals surface area contributed by atoms with Crippen molar-refractivity contribution in [2.24, 2.45) is 0 Å². The summed E-state index contributed by atoms with van der Waals surface area (Å²) in [7, 11) is -3.25. The third kappa shape index (κ3) is 4.21. The second-order valence-corrected chi connectivity index (χ2v) is 6.33. The fraction of sp³-hybridized carbons (Fsp3) is 0.400. The zero-order chi connectivity index (χ0) is 12.2. The monoisotopic (exact) mass is 307 g/mol. The first-order chi connectivity index (χ1) is 7.44. The number of hydrogen-bond acceptors (Lipinski definition) is 3. The molecule has 0 saturated carbocycles. The summed E-state index contributed by atoms with van der Waals surface area (Å²) in [6.07, 6.45) is -0.825. The van der Waals surface area contributed by atoms with Gasteiger partial charge in [0.15, 0.2) is 0 Å². The van der Waals surface area contributed by atoms with E-state index in [4.69, 9.17) is 0 Å². The summed E-state index contributed by atoms with van der Waals surface area (Å²) in [6, 6.07) is 7.09. The van der Waals surface area contributed by atoms with Gasteiger partial charge in [-0.2, -0.15) is 0 Å². The molecular formula is C10H14BrNO3S. The summed E-state index contributed by atoms with van der Waals surface area (Å²) in [5.41, 5.74) is 0.682. The van der Waals surface area contributed by atoms with Gasteiger partial charge in [0.25, 0.3) is 0 Å². The first-order valence-electron chi connectivity index (χ1n) is 4.85. The molecule has 6 heteroatoms. The number of rotatable bonds is 5. The first kappa shape index (κ1) is 13.6. The van der Waals surface area contributed by atoms with Gasteiger partial charge in [-0.3, -0.25) is 0 Å². The SMILES string of the molecule is CCS(=O)(=O)NCC(O)c1ccc(Br)cc1. The highest BCUT2D eigenvalue weighted by atomic mass is 79.9. The number of sulfonamides is 1. The van der Waals surface area contributed by atoms with Crippen LogP contribution in [0.3, 0.4) is 0 Å². The van der Waals surface area contributed by atoms with Crippen LogP contribution in [-0.2, 0) is 10.0 Å². The summed E-state index contributed by atoms with van der Waals surface area (Å²) < 4.78 is 25.6. The maximum atomic E-state index is 11.2. The third-order valence-corrected chi connectivity index (χ3v) is 4.03. The minimum absolute atomic E-state index is 0.00218. The molecule has 0 aliphatic rings. The minimum Gasteiger partial charge on any atom is -0.387 e. The average Bonchev–Trinajstić information content (AvgIpc) is 2.27. The fourth-order valence-electron chi connectivity index (χ4n) is 1.11. The predicted molar refractivity (Wildman–Crippen MR) is 66.6 cm³/mol. The van der Waals surface area contributed by atoms with Crippen LogP contribution >= 0.6 is 15.9 Å². The molecule has 0 radical (unpaired) electrons. The van der Waals surface area contributed by atoms with Crippen molar-refractivity contribution in [2.45, 2.75) is 13.0 Å². The smallest absolute Gasteiger partial charge is 0.211 e. The van der Waals surface area contributed by atoms with Crippen molar-refractivity contribution in [1.82, 2.24) is 4.72 Å². The lowest BCUT2D eigenvalue weighted by Gasteiger charge is -2.11. The second kappa shape index (κ2) is 5.77. The Balaban J connectivity index is 2.59. The van der Waals surface area contributed by atoms with E-state index < -0.39 is 16.1 Å². The molecule has 90 valence electrons. The summed E-state index contributed by atoms with van der Waals surface area (Å²) in [6.45, 7) is 1.55. The van der Waals surface area contributed by atoms with Crippen molar-refractivity contribution in [2.75, 3.05) is 12.3 Å². The Hall–Kier alpha value is -0.430.